The highest BCUT2D eigenvalue weighted by molar-refractivity contribution is 9.10. The smallest absolute Gasteiger partial charge is 0.226 e. The number of carbonyl (C=O) groups excluding carboxylic acids is 2. The van der Waals surface area contributed by atoms with Crippen molar-refractivity contribution in [2.24, 2.45) is 0 Å². The zero-order chi connectivity index (χ0) is 17.5. The van der Waals surface area contributed by atoms with E-state index >= 15 is 0 Å². The normalized spacial score (nSPS) is 10.3. The summed E-state index contributed by atoms with van der Waals surface area (Å²) in [5, 5.41) is 2.90. The number of anilines is 1. The van der Waals surface area contributed by atoms with E-state index in [2.05, 4.69) is 21.2 Å². The highest BCUT2D eigenvalue weighted by atomic mass is 79.9. The van der Waals surface area contributed by atoms with Gasteiger partial charge in [-0.15, -0.1) is 0 Å². The van der Waals surface area contributed by atoms with Crippen molar-refractivity contribution in [2.75, 3.05) is 11.9 Å². The van der Waals surface area contributed by atoms with Crippen molar-refractivity contribution in [1.82, 2.24) is 4.90 Å². The summed E-state index contributed by atoms with van der Waals surface area (Å²) < 4.78 is 0.976. The van der Waals surface area contributed by atoms with E-state index in [1.54, 1.807) is 4.90 Å². The minimum atomic E-state index is -0.0975. The van der Waals surface area contributed by atoms with Gasteiger partial charge in [0.2, 0.25) is 11.8 Å². The average Bonchev–Trinajstić information content (AvgIpc) is 2.55. The Labute approximate surface area is 151 Å². The molecule has 0 spiro atoms. The van der Waals surface area contributed by atoms with Crippen molar-refractivity contribution in [2.45, 2.75) is 26.8 Å². The Kier molecular flexibility index (Phi) is 6.55. The van der Waals surface area contributed by atoms with E-state index in [0.717, 1.165) is 21.3 Å². The molecular weight excluding hydrogens is 368 g/mol. The monoisotopic (exact) mass is 388 g/mol. The molecule has 0 saturated carbocycles. The molecule has 0 atom stereocenters. The molecule has 4 nitrogen and oxygen atoms in total. The first-order valence-electron chi connectivity index (χ1n) is 7.81. The largest absolute Gasteiger partial charge is 0.338 e. The molecule has 0 bridgehead atoms. The topological polar surface area (TPSA) is 49.4 Å². The molecule has 24 heavy (non-hydrogen) atoms. The fourth-order valence-electron chi connectivity index (χ4n) is 2.37. The number of halogens is 1. The maximum Gasteiger partial charge on any atom is 0.226 e. The van der Waals surface area contributed by atoms with E-state index in [0.29, 0.717) is 13.1 Å². The molecule has 5 heteroatoms. The number of nitrogens with one attached hydrogen (secondary N) is 1. The first-order valence-corrected chi connectivity index (χ1v) is 8.60. The van der Waals surface area contributed by atoms with Crippen molar-refractivity contribution >= 4 is 33.4 Å². The molecule has 2 aromatic carbocycles. The van der Waals surface area contributed by atoms with Crippen LogP contribution in [0.15, 0.2) is 53.0 Å². The van der Waals surface area contributed by atoms with Gasteiger partial charge in [0.25, 0.3) is 0 Å². The molecule has 0 heterocycles. The van der Waals surface area contributed by atoms with Gasteiger partial charge in [0.1, 0.15) is 0 Å². The summed E-state index contributed by atoms with van der Waals surface area (Å²) in [4.78, 5) is 25.7. The van der Waals surface area contributed by atoms with E-state index in [9.17, 15) is 9.59 Å². The quantitative estimate of drug-likeness (QED) is 0.808. The zero-order valence-electron chi connectivity index (χ0n) is 13.9. The molecule has 1 N–H and O–H groups in total. The fourth-order valence-corrected chi connectivity index (χ4v) is 2.84. The number of rotatable bonds is 6. The van der Waals surface area contributed by atoms with Crippen molar-refractivity contribution in [3.8, 4) is 0 Å². The van der Waals surface area contributed by atoms with Crippen LogP contribution in [-0.2, 0) is 16.1 Å². The van der Waals surface area contributed by atoms with Crippen LogP contribution in [0.2, 0.25) is 0 Å². The van der Waals surface area contributed by atoms with Crippen LogP contribution in [0.5, 0.6) is 0 Å². The standard InChI is InChI=1S/C19H21BrN2O2/c1-14-12-17(20)8-9-18(14)21-19(24)10-11-22(15(2)23)13-16-6-4-3-5-7-16/h3-9,12H,10-11,13H2,1-2H3,(H,21,24). The minimum absolute atomic E-state index is 0.0357. The maximum absolute atomic E-state index is 12.2. The van der Waals surface area contributed by atoms with E-state index in [-0.39, 0.29) is 18.2 Å². The summed E-state index contributed by atoms with van der Waals surface area (Å²) in [6.07, 6.45) is 0.266. The second kappa shape index (κ2) is 8.64. The summed E-state index contributed by atoms with van der Waals surface area (Å²) in [5.41, 5.74) is 2.84. The Hall–Kier alpha value is -2.14. The van der Waals surface area contributed by atoms with Gasteiger partial charge in [-0.2, -0.15) is 0 Å². The molecule has 0 saturated heterocycles. The van der Waals surface area contributed by atoms with E-state index in [4.69, 9.17) is 0 Å². The number of benzene rings is 2. The van der Waals surface area contributed by atoms with Crippen molar-refractivity contribution in [3.63, 3.8) is 0 Å². The molecule has 0 aliphatic carbocycles. The molecule has 2 rings (SSSR count). The molecule has 2 amide bonds. The van der Waals surface area contributed by atoms with Crippen molar-refractivity contribution in [3.05, 3.63) is 64.1 Å². The van der Waals surface area contributed by atoms with Crippen LogP contribution in [0.25, 0.3) is 0 Å². The van der Waals surface area contributed by atoms with Crippen LogP contribution >= 0.6 is 15.9 Å². The lowest BCUT2D eigenvalue weighted by Crippen LogP contribution is -2.31. The van der Waals surface area contributed by atoms with Gasteiger partial charge in [-0.25, -0.2) is 0 Å². The first-order chi connectivity index (χ1) is 11.5. The predicted molar refractivity (Wildman–Crippen MR) is 99.7 cm³/mol. The highest BCUT2D eigenvalue weighted by Crippen LogP contribution is 2.20. The molecule has 126 valence electrons. The highest BCUT2D eigenvalue weighted by Gasteiger charge is 2.12. The van der Waals surface area contributed by atoms with Gasteiger partial charge in [-0.3, -0.25) is 9.59 Å². The summed E-state index contributed by atoms with van der Waals surface area (Å²) in [7, 11) is 0. The summed E-state index contributed by atoms with van der Waals surface area (Å²) in [5.74, 6) is -0.133. The van der Waals surface area contributed by atoms with Crippen LogP contribution in [-0.4, -0.2) is 23.3 Å². The fraction of sp³-hybridized carbons (Fsp3) is 0.263. The number of nitrogens with zero attached hydrogens (tertiary/aromatic N) is 1. The lowest BCUT2D eigenvalue weighted by molar-refractivity contribution is -0.129. The van der Waals surface area contributed by atoms with Crippen LogP contribution in [0.1, 0.15) is 24.5 Å². The molecule has 0 aliphatic heterocycles. The average molecular weight is 389 g/mol. The summed E-state index contributed by atoms with van der Waals surface area (Å²) in [6, 6.07) is 15.5. The Morgan fingerprint density at radius 1 is 1.12 bits per heavy atom. The summed E-state index contributed by atoms with van der Waals surface area (Å²) in [6.45, 7) is 4.38. The first kappa shape index (κ1) is 18.2. The Balaban J connectivity index is 1.91. The second-order valence-electron chi connectivity index (χ2n) is 5.68. The lowest BCUT2D eigenvalue weighted by atomic mass is 10.2. The SMILES string of the molecule is CC(=O)N(CCC(=O)Nc1ccc(Br)cc1C)Cc1ccccc1. The second-order valence-corrected chi connectivity index (χ2v) is 6.60. The number of hydrogen-bond acceptors (Lipinski definition) is 2. The Morgan fingerprint density at radius 3 is 2.46 bits per heavy atom. The Morgan fingerprint density at radius 2 is 1.83 bits per heavy atom. The van der Waals surface area contributed by atoms with Gasteiger partial charge in [0.15, 0.2) is 0 Å². The van der Waals surface area contributed by atoms with Gasteiger partial charge in [-0.1, -0.05) is 46.3 Å². The van der Waals surface area contributed by atoms with Crippen LogP contribution < -0.4 is 5.32 Å². The number of aryl methyl sites for hydroxylation is 1. The third-order valence-electron chi connectivity index (χ3n) is 3.73. The third kappa shape index (κ3) is 5.49. The number of hydrogen-bond donors (Lipinski definition) is 1. The molecule has 0 aromatic heterocycles. The Bertz CT molecular complexity index is 717. The van der Waals surface area contributed by atoms with Crippen molar-refractivity contribution in [1.29, 1.82) is 0 Å². The number of carbonyl (C=O) groups is 2. The third-order valence-corrected chi connectivity index (χ3v) is 4.23. The van der Waals surface area contributed by atoms with Gasteiger partial charge in [-0.05, 0) is 36.2 Å². The van der Waals surface area contributed by atoms with Gasteiger partial charge in [0.05, 0.1) is 0 Å². The van der Waals surface area contributed by atoms with Crippen molar-refractivity contribution < 1.29 is 9.59 Å². The number of amides is 2. The van der Waals surface area contributed by atoms with E-state index in [1.165, 1.54) is 6.92 Å². The van der Waals surface area contributed by atoms with Crippen LogP contribution in [0.4, 0.5) is 5.69 Å². The molecule has 0 unspecified atom stereocenters. The van der Waals surface area contributed by atoms with E-state index in [1.807, 2.05) is 55.5 Å². The molecule has 0 aliphatic rings. The van der Waals surface area contributed by atoms with Crippen LogP contribution in [0, 0.1) is 6.92 Å². The zero-order valence-corrected chi connectivity index (χ0v) is 15.5. The molecular formula is C19H21BrN2O2. The predicted octanol–water partition coefficient (Wildman–Crippen LogP) is 4.13. The van der Waals surface area contributed by atoms with Gasteiger partial charge < -0.3 is 10.2 Å². The summed E-state index contributed by atoms with van der Waals surface area (Å²) >= 11 is 3.40. The molecule has 0 fully saturated rings. The van der Waals surface area contributed by atoms with Gasteiger partial charge >= 0.3 is 0 Å². The van der Waals surface area contributed by atoms with Crippen LogP contribution in [0.3, 0.4) is 0 Å². The van der Waals surface area contributed by atoms with E-state index < -0.39 is 0 Å². The molecule has 0 radical (unpaired) electrons. The van der Waals surface area contributed by atoms with Gasteiger partial charge in [0, 0.05) is 36.6 Å². The maximum atomic E-state index is 12.2. The molecule has 2 aromatic rings. The lowest BCUT2D eigenvalue weighted by Gasteiger charge is -2.21. The minimum Gasteiger partial charge on any atom is -0.338 e.